The number of amidine groups is 1. The number of thiophene rings is 1. The highest BCUT2D eigenvalue weighted by Gasteiger charge is 2.38. The molecule has 2 fully saturated rings. The van der Waals surface area contributed by atoms with Crippen LogP contribution in [0.3, 0.4) is 0 Å². The number of halogens is 3. The lowest BCUT2D eigenvalue weighted by Gasteiger charge is -2.44. The van der Waals surface area contributed by atoms with E-state index in [2.05, 4.69) is 14.7 Å². The Morgan fingerprint density at radius 3 is 2.00 bits per heavy atom. The first-order valence-electron chi connectivity index (χ1n) is 11.7. The molecular formula is C24H30F3N5O4S. The number of nitrogens with one attached hydrogen (secondary N) is 1. The van der Waals surface area contributed by atoms with Crippen LogP contribution in [0.4, 0.5) is 18.9 Å². The molecule has 0 spiro atoms. The minimum absolute atomic E-state index is 0.0989. The fourth-order valence-electron chi connectivity index (χ4n) is 4.65. The second-order valence-corrected chi connectivity index (χ2v) is 9.63. The molecule has 0 amide bonds. The first kappa shape index (κ1) is 28.4. The average molecular weight is 542 g/mol. The van der Waals surface area contributed by atoms with Gasteiger partial charge in [0.05, 0.1) is 0 Å². The van der Waals surface area contributed by atoms with E-state index in [9.17, 15) is 23.1 Å². The largest absolute Gasteiger partial charge is 0.490 e. The van der Waals surface area contributed by atoms with Crippen LogP contribution >= 0.6 is 11.3 Å². The molecule has 4 rings (SSSR count). The highest BCUT2D eigenvalue weighted by Crippen LogP contribution is 2.29. The van der Waals surface area contributed by atoms with Gasteiger partial charge in [-0.2, -0.15) is 24.5 Å². The van der Waals surface area contributed by atoms with Crippen LogP contribution in [0.25, 0.3) is 0 Å². The maximum Gasteiger partial charge on any atom is 0.490 e. The zero-order valence-corrected chi connectivity index (χ0v) is 20.8. The molecule has 2 aromatic rings. The number of anilines is 1. The fraction of sp³-hybridized carbons (Fsp3) is 0.458. The third-order valence-electron chi connectivity index (χ3n) is 6.57. The summed E-state index contributed by atoms with van der Waals surface area (Å²) in [6.07, 6.45) is -3.05. The van der Waals surface area contributed by atoms with Gasteiger partial charge >= 0.3 is 18.1 Å². The molecule has 13 heteroatoms. The van der Waals surface area contributed by atoms with Gasteiger partial charge in [0.2, 0.25) is 0 Å². The summed E-state index contributed by atoms with van der Waals surface area (Å²) in [5.41, 5.74) is 8.37. The van der Waals surface area contributed by atoms with Crippen molar-refractivity contribution in [2.45, 2.75) is 31.1 Å². The third-order valence-corrected chi connectivity index (χ3v) is 7.28. The maximum atomic E-state index is 11.8. The number of carboxylic acid groups (broad SMARTS) is 2. The van der Waals surface area contributed by atoms with Crippen LogP contribution in [0.15, 0.2) is 41.1 Å². The fourth-order valence-corrected chi connectivity index (χ4v) is 5.33. The van der Waals surface area contributed by atoms with Crippen molar-refractivity contribution in [1.29, 1.82) is 5.41 Å². The van der Waals surface area contributed by atoms with Gasteiger partial charge in [-0.25, -0.2) is 4.79 Å². The number of nitrogens with zero attached hydrogens (tertiary/aromatic N) is 3. The van der Waals surface area contributed by atoms with Crippen LogP contribution in [-0.4, -0.2) is 89.3 Å². The van der Waals surface area contributed by atoms with Crippen LogP contribution in [-0.2, 0) is 9.59 Å². The quantitative estimate of drug-likeness (QED) is 0.324. The molecule has 0 bridgehead atoms. The number of hydrogen-bond acceptors (Lipinski definition) is 7. The van der Waals surface area contributed by atoms with E-state index in [0.717, 1.165) is 63.2 Å². The van der Waals surface area contributed by atoms with E-state index in [1.165, 1.54) is 5.69 Å². The van der Waals surface area contributed by atoms with E-state index >= 15 is 0 Å². The Kier molecular flexibility index (Phi) is 9.51. The van der Waals surface area contributed by atoms with Crippen molar-refractivity contribution in [2.24, 2.45) is 5.73 Å². The van der Waals surface area contributed by atoms with Crippen molar-refractivity contribution >= 4 is 34.8 Å². The van der Waals surface area contributed by atoms with Gasteiger partial charge in [-0.1, -0.05) is 0 Å². The summed E-state index contributed by atoms with van der Waals surface area (Å²) >= 11 is 1.55. The first-order chi connectivity index (χ1) is 17.5. The minimum atomic E-state index is -5.08. The molecule has 9 nitrogen and oxygen atoms in total. The molecule has 202 valence electrons. The Morgan fingerprint density at radius 1 is 1.00 bits per heavy atom. The molecule has 37 heavy (non-hydrogen) atoms. The van der Waals surface area contributed by atoms with Gasteiger partial charge in [-0.15, -0.1) is 0 Å². The van der Waals surface area contributed by atoms with Crippen molar-refractivity contribution in [3.8, 4) is 0 Å². The minimum Gasteiger partial charge on any atom is -0.480 e. The van der Waals surface area contributed by atoms with Crippen LogP contribution in [0.2, 0.25) is 0 Å². The van der Waals surface area contributed by atoms with Gasteiger partial charge in [-0.05, 0) is 59.5 Å². The summed E-state index contributed by atoms with van der Waals surface area (Å²) in [7, 11) is 0. The topological polar surface area (TPSA) is 134 Å². The van der Waals surface area contributed by atoms with Gasteiger partial charge in [0.25, 0.3) is 0 Å². The molecule has 3 heterocycles. The monoisotopic (exact) mass is 541 g/mol. The highest BCUT2D eigenvalue weighted by atomic mass is 32.1. The number of hydrogen-bond donors (Lipinski definition) is 4. The molecule has 2 aliphatic rings. The summed E-state index contributed by atoms with van der Waals surface area (Å²) in [4.78, 5) is 27.8. The average Bonchev–Trinajstić information content (AvgIpc) is 3.39. The van der Waals surface area contributed by atoms with Gasteiger partial charge < -0.3 is 20.8 Å². The lowest BCUT2D eigenvalue weighted by Crippen LogP contribution is -2.53. The van der Waals surface area contributed by atoms with Crippen LogP contribution in [0, 0.1) is 5.41 Å². The third kappa shape index (κ3) is 7.66. The predicted octanol–water partition coefficient (Wildman–Crippen LogP) is 3.08. The number of alkyl halides is 3. The van der Waals surface area contributed by atoms with Gasteiger partial charge in [0.15, 0.2) is 0 Å². The van der Waals surface area contributed by atoms with Gasteiger partial charge in [0.1, 0.15) is 11.9 Å². The molecule has 0 radical (unpaired) electrons. The Balaban J connectivity index is 0.000000479. The highest BCUT2D eigenvalue weighted by molar-refractivity contribution is 7.08. The normalized spacial score (nSPS) is 18.5. The molecule has 1 aromatic carbocycles. The number of aliphatic carboxylic acids is 2. The smallest absolute Gasteiger partial charge is 0.480 e. The Hall–Kier alpha value is -3.16. The second-order valence-electron chi connectivity index (χ2n) is 8.85. The molecule has 5 N–H and O–H groups in total. The zero-order valence-electron chi connectivity index (χ0n) is 20.0. The van der Waals surface area contributed by atoms with Crippen LogP contribution in [0.1, 0.15) is 30.0 Å². The molecule has 2 saturated heterocycles. The number of carboxylic acids is 2. The molecule has 1 unspecified atom stereocenters. The van der Waals surface area contributed by atoms with E-state index in [1.807, 2.05) is 41.1 Å². The summed E-state index contributed by atoms with van der Waals surface area (Å²) in [5, 5.41) is 28.3. The number of nitrogens with two attached hydrogens (primary N) is 1. The van der Waals surface area contributed by atoms with Crippen LogP contribution in [0.5, 0.6) is 0 Å². The van der Waals surface area contributed by atoms with Gasteiger partial charge in [0, 0.05) is 56.6 Å². The Morgan fingerprint density at radius 2 is 1.57 bits per heavy atom. The number of piperidine rings is 1. The molecule has 2 aliphatic heterocycles. The number of nitrogen functional groups attached to an aromatic ring is 1. The summed E-state index contributed by atoms with van der Waals surface area (Å²) in [6.45, 7) is 5.64. The van der Waals surface area contributed by atoms with E-state index in [-0.39, 0.29) is 5.84 Å². The van der Waals surface area contributed by atoms with Crippen molar-refractivity contribution in [3.05, 3.63) is 52.2 Å². The van der Waals surface area contributed by atoms with E-state index in [0.29, 0.717) is 6.04 Å². The lowest BCUT2D eigenvalue weighted by molar-refractivity contribution is -0.192. The Bertz CT molecular complexity index is 1050. The van der Waals surface area contributed by atoms with Crippen molar-refractivity contribution < 1.29 is 33.0 Å². The van der Waals surface area contributed by atoms with E-state index in [4.69, 9.17) is 21.0 Å². The van der Waals surface area contributed by atoms with Crippen molar-refractivity contribution in [2.75, 3.05) is 44.2 Å². The van der Waals surface area contributed by atoms with E-state index in [1.54, 1.807) is 11.3 Å². The van der Waals surface area contributed by atoms with Gasteiger partial charge in [-0.3, -0.25) is 20.0 Å². The standard InChI is InChI=1S/C22H29N5O2S.C2HF3O2/c23-21(24)16-1-3-18(4-2-16)25-10-12-26(13-11-25)19-5-8-27(9-6-19)20(22(28)29)17-7-14-30-15-17;3-2(4,5)1(6)7/h1-4,7,14-15,19-20H,5-6,8-13H2,(H3,23,24)(H,28,29);(H,6,7). The van der Waals surface area contributed by atoms with Crippen molar-refractivity contribution in [1.82, 2.24) is 9.80 Å². The zero-order chi connectivity index (χ0) is 27.2. The maximum absolute atomic E-state index is 11.8. The number of likely N-dealkylation sites (tertiary alicyclic amines) is 1. The first-order valence-corrected chi connectivity index (χ1v) is 12.6. The predicted molar refractivity (Wildman–Crippen MR) is 134 cm³/mol. The molecule has 0 saturated carbocycles. The molecule has 0 aliphatic carbocycles. The molecule has 1 atom stereocenters. The van der Waals surface area contributed by atoms with E-state index < -0.39 is 24.2 Å². The lowest BCUT2D eigenvalue weighted by atomic mass is 9.99. The Labute approximate surface area is 216 Å². The number of piperazine rings is 1. The second kappa shape index (κ2) is 12.4. The number of benzene rings is 1. The SMILES string of the molecule is N=C(N)c1ccc(N2CCN(C3CCN(C(C(=O)O)c4ccsc4)CC3)CC2)cc1.O=C(O)C(F)(F)F. The molecular weight excluding hydrogens is 511 g/mol. The molecule has 1 aromatic heterocycles. The number of rotatable bonds is 6. The number of carbonyl (C=O) groups is 2. The van der Waals surface area contributed by atoms with Crippen molar-refractivity contribution in [3.63, 3.8) is 0 Å². The summed E-state index contributed by atoms with van der Waals surface area (Å²) in [6, 6.07) is 9.84. The van der Waals surface area contributed by atoms with Crippen LogP contribution < -0.4 is 10.6 Å². The summed E-state index contributed by atoms with van der Waals surface area (Å²) < 4.78 is 31.7. The summed E-state index contributed by atoms with van der Waals surface area (Å²) in [5.74, 6) is -3.41.